The zero-order chi connectivity index (χ0) is 18.3. The van der Waals surface area contributed by atoms with Gasteiger partial charge in [-0.3, -0.25) is 9.78 Å². The number of pyridine rings is 1. The Hall–Kier alpha value is -2.89. The lowest BCUT2D eigenvalue weighted by Crippen LogP contribution is -2.44. The van der Waals surface area contributed by atoms with Crippen molar-refractivity contribution >= 4 is 22.6 Å². The maximum absolute atomic E-state index is 12.9. The molecule has 6 heteroatoms. The van der Waals surface area contributed by atoms with Gasteiger partial charge >= 0.3 is 0 Å². The largest absolute Gasteiger partial charge is 0.371 e. The standard InChI is InChI=1S/C21H23N5O/c27-20(19-23-17-3-1-2-4-18(17)24-19)25-12-7-21(8-13-25)9-14-26(15-21)16-5-10-22-11-6-16/h1-6,10-11H,7-9,12-15H2,(H,23,24). The minimum Gasteiger partial charge on any atom is -0.371 e. The zero-order valence-electron chi connectivity index (χ0n) is 15.3. The molecule has 3 aromatic rings. The number of H-pyrrole nitrogens is 1. The number of benzene rings is 1. The highest BCUT2D eigenvalue weighted by molar-refractivity contribution is 5.94. The second kappa shape index (κ2) is 6.37. The molecule has 1 spiro atoms. The highest BCUT2D eigenvalue weighted by Gasteiger charge is 2.41. The van der Waals surface area contributed by atoms with Crippen molar-refractivity contribution in [2.24, 2.45) is 5.41 Å². The number of likely N-dealkylation sites (tertiary alicyclic amines) is 1. The molecular formula is C21H23N5O. The van der Waals surface area contributed by atoms with Crippen molar-refractivity contribution in [3.05, 3.63) is 54.6 Å². The Morgan fingerprint density at radius 2 is 1.74 bits per heavy atom. The van der Waals surface area contributed by atoms with Crippen molar-refractivity contribution in [2.45, 2.75) is 19.3 Å². The van der Waals surface area contributed by atoms with E-state index >= 15 is 0 Å². The third-order valence-electron chi connectivity index (χ3n) is 6.17. The summed E-state index contributed by atoms with van der Waals surface area (Å²) >= 11 is 0. The van der Waals surface area contributed by atoms with Crippen LogP contribution in [0.2, 0.25) is 0 Å². The molecule has 0 aliphatic carbocycles. The number of imidazole rings is 1. The van der Waals surface area contributed by atoms with E-state index in [1.807, 2.05) is 41.6 Å². The van der Waals surface area contributed by atoms with Gasteiger partial charge in [-0.15, -0.1) is 0 Å². The molecule has 0 saturated carbocycles. The lowest BCUT2D eigenvalue weighted by Gasteiger charge is -2.39. The number of carbonyl (C=O) groups is 1. The van der Waals surface area contributed by atoms with Crippen LogP contribution in [0.1, 0.15) is 29.9 Å². The lowest BCUT2D eigenvalue weighted by atomic mass is 9.78. The fourth-order valence-corrected chi connectivity index (χ4v) is 4.51. The Balaban J connectivity index is 1.25. The molecule has 6 nitrogen and oxygen atoms in total. The first-order valence-electron chi connectivity index (χ1n) is 9.62. The van der Waals surface area contributed by atoms with Gasteiger partial charge in [-0.1, -0.05) is 12.1 Å². The van der Waals surface area contributed by atoms with Crippen LogP contribution < -0.4 is 4.90 Å². The van der Waals surface area contributed by atoms with Crippen molar-refractivity contribution in [3.8, 4) is 0 Å². The molecule has 2 fully saturated rings. The third-order valence-corrected chi connectivity index (χ3v) is 6.17. The number of hydrogen-bond donors (Lipinski definition) is 1. The Kier molecular flexibility index (Phi) is 3.85. The molecule has 0 atom stereocenters. The molecule has 138 valence electrons. The van der Waals surface area contributed by atoms with Gasteiger partial charge < -0.3 is 14.8 Å². The van der Waals surface area contributed by atoms with E-state index < -0.39 is 0 Å². The van der Waals surface area contributed by atoms with Crippen molar-refractivity contribution in [2.75, 3.05) is 31.1 Å². The van der Waals surface area contributed by atoms with Crippen molar-refractivity contribution in [3.63, 3.8) is 0 Å². The maximum Gasteiger partial charge on any atom is 0.289 e. The summed E-state index contributed by atoms with van der Waals surface area (Å²) in [6.45, 7) is 3.77. The maximum atomic E-state index is 12.9. The molecule has 2 aliphatic heterocycles. The van der Waals surface area contributed by atoms with Crippen molar-refractivity contribution < 1.29 is 4.79 Å². The van der Waals surface area contributed by atoms with E-state index in [4.69, 9.17) is 0 Å². The highest BCUT2D eigenvalue weighted by Crippen LogP contribution is 2.42. The van der Waals surface area contributed by atoms with Gasteiger partial charge in [0.05, 0.1) is 11.0 Å². The molecule has 27 heavy (non-hydrogen) atoms. The molecule has 2 aliphatic rings. The smallest absolute Gasteiger partial charge is 0.289 e. The van der Waals surface area contributed by atoms with E-state index in [0.717, 1.165) is 50.1 Å². The molecule has 5 rings (SSSR count). The normalized spacial score (nSPS) is 19.1. The van der Waals surface area contributed by atoms with E-state index in [0.29, 0.717) is 11.2 Å². The molecule has 0 unspecified atom stereocenters. The third kappa shape index (κ3) is 2.95. The Labute approximate surface area is 158 Å². The first-order valence-corrected chi connectivity index (χ1v) is 9.62. The van der Waals surface area contributed by atoms with Gasteiger partial charge in [0.25, 0.3) is 5.91 Å². The molecule has 2 aromatic heterocycles. The summed E-state index contributed by atoms with van der Waals surface area (Å²) in [5.41, 5.74) is 3.34. The first kappa shape index (κ1) is 16.3. The summed E-state index contributed by atoms with van der Waals surface area (Å²) in [6, 6.07) is 11.9. The minimum absolute atomic E-state index is 0.0186. The van der Waals surface area contributed by atoms with Crippen LogP contribution in [0.4, 0.5) is 5.69 Å². The van der Waals surface area contributed by atoms with Gasteiger partial charge in [0.2, 0.25) is 0 Å². The second-order valence-electron chi connectivity index (χ2n) is 7.77. The quantitative estimate of drug-likeness (QED) is 0.762. The van der Waals surface area contributed by atoms with Gasteiger partial charge in [0, 0.05) is 44.3 Å². The molecule has 0 radical (unpaired) electrons. The topological polar surface area (TPSA) is 65.1 Å². The Morgan fingerprint density at radius 3 is 2.52 bits per heavy atom. The number of nitrogens with one attached hydrogen (secondary N) is 1. The number of carbonyl (C=O) groups excluding carboxylic acids is 1. The number of hydrogen-bond acceptors (Lipinski definition) is 4. The molecule has 2 saturated heterocycles. The van der Waals surface area contributed by atoms with Crippen LogP contribution in [0.15, 0.2) is 48.8 Å². The predicted molar refractivity (Wildman–Crippen MR) is 105 cm³/mol. The summed E-state index contributed by atoms with van der Waals surface area (Å²) in [7, 11) is 0. The number of anilines is 1. The van der Waals surface area contributed by atoms with Crippen molar-refractivity contribution in [1.82, 2.24) is 19.9 Å². The van der Waals surface area contributed by atoms with Gasteiger partial charge in [0.15, 0.2) is 5.82 Å². The average Bonchev–Trinajstić information content (AvgIpc) is 3.33. The van der Waals surface area contributed by atoms with Crippen LogP contribution in [-0.4, -0.2) is 51.9 Å². The summed E-state index contributed by atoms with van der Waals surface area (Å²) in [6.07, 6.45) is 7.02. The number of nitrogens with zero attached hydrogens (tertiary/aromatic N) is 4. The monoisotopic (exact) mass is 361 g/mol. The van der Waals surface area contributed by atoms with Crippen LogP contribution in [-0.2, 0) is 0 Å². The van der Waals surface area contributed by atoms with E-state index in [9.17, 15) is 4.79 Å². The van der Waals surface area contributed by atoms with E-state index in [2.05, 4.69) is 32.0 Å². The van der Waals surface area contributed by atoms with Crippen LogP contribution >= 0.6 is 0 Å². The number of aromatic amines is 1. The average molecular weight is 361 g/mol. The highest BCUT2D eigenvalue weighted by atomic mass is 16.2. The molecule has 4 heterocycles. The van der Waals surface area contributed by atoms with Crippen molar-refractivity contribution in [1.29, 1.82) is 0 Å². The number of para-hydroxylation sites is 2. The molecule has 0 bridgehead atoms. The predicted octanol–water partition coefficient (Wildman–Crippen LogP) is 3.09. The van der Waals surface area contributed by atoms with E-state index in [1.165, 1.54) is 12.1 Å². The van der Waals surface area contributed by atoms with Crippen LogP contribution in [0.3, 0.4) is 0 Å². The Bertz CT molecular complexity index is 926. The summed E-state index contributed by atoms with van der Waals surface area (Å²) in [5.74, 6) is 0.474. The number of aromatic nitrogens is 3. The summed E-state index contributed by atoms with van der Waals surface area (Å²) < 4.78 is 0. The van der Waals surface area contributed by atoms with Crippen LogP contribution in [0, 0.1) is 5.41 Å². The van der Waals surface area contributed by atoms with Gasteiger partial charge in [0.1, 0.15) is 0 Å². The van der Waals surface area contributed by atoms with Crippen LogP contribution in [0.25, 0.3) is 11.0 Å². The number of piperidine rings is 1. The summed E-state index contributed by atoms with van der Waals surface area (Å²) in [4.78, 5) is 29.0. The fourth-order valence-electron chi connectivity index (χ4n) is 4.51. The SMILES string of the molecule is O=C(c1nc2ccccc2[nH]1)N1CCC2(CC1)CCN(c1ccncc1)C2. The van der Waals surface area contributed by atoms with Gasteiger partial charge in [-0.25, -0.2) is 4.98 Å². The summed E-state index contributed by atoms with van der Waals surface area (Å²) in [5, 5.41) is 0. The number of fused-ring (bicyclic) bond motifs is 1. The lowest BCUT2D eigenvalue weighted by molar-refractivity contribution is 0.0599. The number of rotatable bonds is 2. The van der Waals surface area contributed by atoms with Gasteiger partial charge in [-0.2, -0.15) is 0 Å². The molecule has 1 amide bonds. The van der Waals surface area contributed by atoms with E-state index in [-0.39, 0.29) is 5.91 Å². The van der Waals surface area contributed by atoms with E-state index in [1.54, 1.807) is 0 Å². The molecular weight excluding hydrogens is 338 g/mol. The zero-order valence-corrected chi connectivity index (χ0v) is 15.3. The second-order valence-corrected chi connectivity index (χ2v) is 7.77. The Morgan fingerprint density at radius 1 is 1.00 bits per heavy atom. The molecule has 1 aromatic carbocycles. The van der Waals surface area contributed by atoms with Gasteiger partial charge in [-0.05, 0) is 48.9 Å². The first-order chi connectivity index (χ1) is 13.2. The molecule has 1 N–H and O–H groups in total. The fraction of sp³-hybridized carbons (Fsp3) is 0.381. The number of amides is 1. The van der Waals surface area contributed by atoms with Crippen LogP contribution in [0.5, 0.6) is 0 Å². The minimum atomic E-state index is 0.0186.